The first kappa shape index (κ1) is 14.7. The molecule has 1 aromatic heterocycles. The number of carbonyl (C=O) groups excluding carboxylic acids is 1. The van der Waals surface area contributed by atoms with Crippen molar-refractivity contribution in [2.75, 3.05) is 11.1 Å². The fourth-order valence-electron chi connectivity index (χ4n) is 2.83. The highest BCUT2D eigenvalue weighted by molar-refractivity contribution is 5.93. The summed E-state index contributed by atoms with van der Waals surface area (Å²) in [5.41, 5.74) is 9.82. The van der Waals surface area contributed by atoms with Crippen LogP contribution in [0.25, 0.3) is 11.1 Å². The first-order valence-electron chi connectivity index (χ1n) is 7.14. The highest BCUT2D eigenvalue weighted by atomic mass is 35.5. The molecule has 6 heteroatoms. The quantitative estimate of drug-likeness (QED) is 0.835. The van der Waals surface area contributed by atoms with Crippen molar-refractivity contribution in [2.45, 2.75) is 25.4 Å². The second kappa shape index (κ2) is 5.50. The Kier molecular flexibility index (Phi) is 3.66. The van der Waals surface area contributed by atoms with Gasteiger partial charge >= 0.3 is 6.03 Å². The molecule has 114 valence electrons. The first-order chi connectivity index (χ1) is 10.2. The van der Waals surface area contributed by atoms with Gasteiger partial charge in [-0.25, -0.2) is 9.78 Å². The molecule has 0 saturated heterocycles. The van der Waals surface area contributed by atoms with Crippen molar-refractivity contribution in [3.8, 4) is 11.1 Å². The van der Waals surface area contributed by atoms with Gasteiger partial charge in [-0.1, -0.05) is 12.1 Å². The summed E-state index contributed by atoms with van der Waals surface area (Å²) in [4.78, 5) is 18.3. The third-order valence-corrected chi connectivity index (χ3v) is 4.06. The molecule has 2 amide bonds. The number of pyridine rings is 1. The highest BCUT2D eigenvalue weighted by Crippen LogP contribution is 2.36. The van der Waals surface area contributed by atoms with Crippen LogP contribution >= 0.6 is 12.4 Å². The molecule has 5 nitrogen and oxygen atoms in total. The lowest BCUT2D eigenvalue weighted by Crippen LogP contribution is -2.40. The number of urea groups is 1. The van der Waals surface area contributed by atoms with E-state index < -0.39 is 0 Å². The standard InChI is InChI=1S/C16H16N4O.ClH/c17-11-3-1-2-10(8-11)13-6-7-18-15-14(13)9-20(12-4-5-12)16(21)19-15;/h1-3,6-8,12H,4-5,9,17H2,(H,18,19,21);1H. The van der Waals surface area contributed by atoms with Gasteiger partial charge in [0.25, 0.3) is 0 Å². The Morgan fingerprint density at radius 3 is 2.82 bits per heavy atom. The smallest absolute Gasteiger partial charge is 0.323 e. The molecule has 0 spiro atoms. The number of nitrogen functional groups attached to an aromatic ring is 1. The first-order valence-corrected chi connectivity index (χ1v) is 7.14. The number of nitrogens with two attached hydrogens (primary N) is 1. The molecule has 1 fully saturated rings. The molecule has 2 aliphatic rings. The summed E-state index contributed by atoms with van der Waals surface area (Å²) in [5.74, 6) is 0.664. The van der Waals surface area contributed by atoms with Crippen LogP contribution in [0.4, 0.5) is 16.3 Å². The van der Waals surface area contributed by atoms with E-state index in [0.29, 0.717) is 18.4 Å². The Labute approximate surface area is 134 Å². The fraction of sp³-hybridized carbons (Fsp3) is 0.250. The summed E-state index contributed by atoms with van der Waals surface area (Å²) in [5, 5.41) is 2.90. The molecule has 1 aromatic carbocycles. The number of benzene rings is 1. The molecule has 0 bridgehead atoms. The van der Waals surface area contributed by atoms with E-state index in [4.69, 9.17) is 5.73 Å². The summed E-state index contributed by atoms with van der Waals surface area (Å²) >= 11 is 0. The highest BCUT2D eigenvalue weighted by Gasteiger charge is 2.36. The number of nitrogens with zero attached hydrogens (tertiary/aromatic N) is 2. The molecule has 3 N–H and O–H groups in total. The van der Waals surface area contributed by atoms with Crippen molar-refractivity contribution in [1.82, 2.24) is 9.88 Å². The molecule has 1 aliphatic carbocycles. The van der Waals surface area contributed by atoms with Gasteiger partial charge in [0.2, 0.25) is 0 Å². The minimum absolute atomic E-state index is 0. The molecule has 1 aliphatic heterocycles. The Bertz CT molecular complexity index is 730. The predicted molar refractivity (Wildman–Crippen MR) is 88.9 cm³/mol. The number of hydrogen-bond donors (Lipinski definition) is 2. The number of anilines is 2. The lowest BCUT2D eigenvalue weighted by atomic mass is 9.99. The van der Waals surface area contributed by atoms with Crippen LogP contribution in [0.2, 0.25) is 0 Å². The molecule has 22 heavy (non-hydrogen) atoms. The zero-order valence-electron chi connectivity index (χ0n) is 12.0. The monoisotopic (exact) mass is 316 g/mol. The Balaban J connectivity index is 0.00000144. The number of hydrogen-bond acceptors (Lipinski definition) is 3. The van der Waals surface area contributed by atoms with Crippen LogP contribution in [0.5, 0.6) is 0 Å². The molecule has 2 heterocycles. The van der Waals surface area contributed by atoms with Crippen LogP contribution in [-0.4, -0.2) is 22.0 Å². The van der Waals surface area contributed by atoms with Gasteiger partial charge in [-0.05, 0) is 42.2 Å². The fourth-order valence-corrected chi connectivity index (χ4v) is 2.83. The van der Waals surface area contributed by atoms with E-state index >= 15 is 0 Å². The summed E-state index contributed by atoms with van der Waals surface area (Å²) in [7, 11) is 0. The summed E-state index contributed by atoms with van der Waals surface area (Å²) in [6, 6.07) is 10.1. The third kappa shape index (κ3) is 2.48. The van der Waals surface area contributed by atoms with E-state index in [9.17, 15) is 4.79 Å². The van der Waals surface area contributed by atoms with E-state index in [2.05, 4.69) is 10.3 Å². The van der Waals surface area contributed by atoms with Crippen molar-refractivity contribution in [3.05, 3.63) is 42.1 Å². The van der Waals surface area contributed by atoms with Crippen LogP contribution < -0.4 is 11.1 Å². The maximum atomic E-state index is 12.1. The number of rotatable bonds is 2. The predicted octanol–water partition coefficient (Wildman–Crippen LogP) is 3.26. The SMILES string of the molecule is Cl.Nc1cccc(-c2ccnc3c2CN(C2CC2)C(=O)N3)c1. The maximum Gasteiger partial charge on any atom is 0.323 e. The molecular weight excluding hydrogens is 300 g/mol. The zero-order chi connectivity index (χ0) is 14.4. The maximum absolute atomic E-state index is 12.1. The number of fused-ring (bicyclic) bond motifs is 1. The minimum Gasteiger partial charge on any atom is -0.399 e. The van der Waals surface area contributed by atoms with Crippen molar-refractivity contribution in [3.63, 3.8) is 0 Å². The Morgan fingerprint density at radius 1 is 1.27 bits per heavy atom. The van der Waals surface area contributed by atoms with E-state index in [1.165, 1.54) is 0 Å². The van der Waals surface area contributed by atoms with Gasteiger partial charge < -0.3 is 10.6 Å². The van der Waals surface area contributed by atoms with Gasteiger partial charge in [0, 0.05) is 23.5 Å². The van der Waals surface area contributed by atoms with E-state index in [1.54, 1.807) is 6.20 Å². The van der Waals surface area contributed by atoms with Crippen molar-refractivity contribution in [2.24, 2.45) is 0 Å². The van der Waals surface area contributed by atoms with Crippen LogP contribution in [0, 0.1) is 0 Å². The second-order valence-corrected chi connectivity index (χ2v) is 5.60. The topological polar surface area (TPSA) is 71.2 Å². The largest absolute Gasteiger partial charge is 0.399 e. The minimum atomic E-state index is -0.0396. The van der Waals surface area contributed by atoms with E-state index in [0.717, 1.165) is 35.2 Å². The van der Waals surface area contributed by atoms with Crippen LogP contribution in [-0.2, 0) is 6.54 Å². The second-order valence-electron chi connectivity index (χ2n) is 5.60. The molecule has 4 rings (SSSR count). The van der Waals surface area contributed by atoms with Gasteiger partial charge in [0.15, 0.2) is 0 Å². The average molecular weight is 317 g/mol. The van der Waals surface area contributed by atoms with Gasteiger partial charge in [-0.2, -0.15) is 0 Å². The lowest BCUT2D eigenvalue weighted by Gasteiger charge is -2.30. The number of aromatic nitrogens is 1. The molecule has 0 atom stereocenters. The van der Waals surface area contributed by atoms with E-state index in [-0.39, 0.29) is 18.4 Å². The molecular formula is C16H17ClN4O. The van der Waals surface area contributed by atoms with Crippen LogP contribution in [0.3, 0.4) is 0 Å². The molecule has 2 aromatic rings. The zero-order valence-corrected chi connectivity index (χ0v) is 12.8. The number of nitrogens with one attached hydrogen (secondary N) is 1. The average Bonchev–Trinajstić information content (AvgIpc) is 3.30. The van der Waals surface area contributed by atoms with Gasteiger partial charge in [-0.3, -0.25) is 5.32 Å². The van der Waals surface area contributed by atoms with Gasteiger partial charge in [0.05, 0.1) is 6.54 Å². The third-order valence-electron chi connectivity index (χ3n) is 4.06. The normalized spacial score (nSPS) is 16.5. The molecule has 0 unspecified atom stereocenters. The summed E-state index contributed by atoms with van der Waals surface area (Å²) in [6.45, 7) is 0.615. The summed E-state index contributed by atoms with van der Waals surface area (Å²) in [6.07, 6.45) is 3.91. The number of amides is 2. The van der Waals surface area contributed by atoms with Crippen LogP contribution in [0.1, 0.15) is 18.4 Å². The summed E-state index contributed by atoms with van der Waals surface area (Å²) < 4.78 is 0. The van der Waals surface area contributed by atoms with Crippen molar-refractivity contribution in [1.29, 1.82) is 0 Å². The van der Waals surface area contributed by atoms with Crippen LogP contribution in [0.15, 0.2) is 36.5 Å². The van der Waals surface area contributed by atoms with Gasteiger partial charge in [-0.15, -0.1) is 12.4 Å². The van der Waals surface area contributed by atoms with Gasteiger partial charge in [0.1, 0.15) is 5.82 Å². The lowest BCUT2D eigenvalue weighted by molar-refractivity contribution is 0.203. The number of carbonyl (C=O) groups is 1. The van der Waals surface area contributed by atoms with Crippen molar-refractivity contribution < 1.29 is 4.79 Å². The molecule has 0 radical (unpaired) electrons. The van der Waals surface area contributed by atoms with Crippen molar-refractivity contribution >= 4 is 29.9 Å². The number of halogens is 1. The Morgan fingerprint density at radius 2 is 2.09 bits per heavy atom. The Hall–Kier alpha value is -2.27. The van der Waals surface area contributed by atoms with E-state index in [1.807, 2.05) is 35.2 Å². The molecule has 1 saturated carbocycles.